The van der Waals surface area contributed by atoms with Crippen LogP contribution in [0.2, 0.25) is 0 Å². The molecule has 6 heteroatoms. The predicted molar refractivity (Wildman–Crippen MR) is 136 cm³/mol. The van der Waals surface area contributed by atoms with Gasteiger partial charge in [0.1, 0.15) is 11.6 Å². The van der Waals surface area contributed by atoms with Crippen LogP contribution in [-0.2, 0) is 9.59 Å². The van der Waals surface area contributed by atoms with Crippen molar-refractivity contribution in [3.05, 3.63) is 82.5 Å². The minimum atomic E-state index is -0.422. The molecule has 2 amide bonds. The first-order valence-electron chi connectivity index (χ1n) is 13.1. The molecule has 2 atom stereocenters. The van der Waals surface area contributed by atoms with E-state index in [4.69, 9.17) is 0 Å². The standard InChI is InChI=1S/C30H34F2N2O2/c1-20-19-30(29(36)34(20)21(2)22-7-11-26(31)12-8-22)15-17-33(18-16-30)28(35)25-5-3-23(4-6-25)24-9-13-27(32)14-10-24/h3,5,7-9,11-13,20-21H,4,6,10,14-19H2,1-2H3/t20?,21-/m0/s1. The first-order valence-corrected chi connectivity index (χ1v) is 13.1. The molecule has 2 aliphatic heterocycles. The maximum absolute atomic E-state index is 13.7. The van der Waals surface area contributed by atoms with Crippen LogP contribution in [0.1, 0.15) is 70.4 Å². The summed E-state index contributed by atoms with van der Waals surface area (Å²) in [4.78, 5) is 30.8. The first-order chi connectivity index (χ1) is 17.3. The molecule has 0 aromatic heterocycles. The molecule has 0 N–H and O–H groups in total. The Labute approximate surface area is 212 Å². The number of benzene rings is 1. The molecule has 5 rings (SSSR count). The number of rotatable bonds is 4. The van der Waals surface area contributed by atoms with Gasteiger partial charge in [-0.2, -0.15) is 0 Å². The summed E-state index contributed by atoms with van der Waals surface area (Å²) < 4.78 is 26.7. The van der Waals surface area contributed by atoms with Crippen molar-refractivity contribution in [1.29, 1.82) is 0 Å². The predicted octanol–water partition coefficient (Wildman–Crippen LogP) is 6.34. The maximum Gasteiger partial charge on any atom is 0.249 e. The quantitative estimate of drug-likeness (QED) is 0.492. The van der Waals surface area contributed by atoms with Crippen molar-refractivity contribution in [2.75, 3.05) is 13.1 Å². The van der Waals surface area contributed by atoms with Gasteiger partial charge in [-0.05, 0) is 87.3 Å². The number of hydrogen-bond acceptors (Lipinski definition) is 2. The Kier molecular flexibility index (Phi) is 6.71. The molecular formula is C30H34F2N2O2. The Balaban J connectivity index is 1.22. The van der Waals surface area contributed by atoms with Gasteiger partial charge in [0.15, 0.2) is 0 Å². The van der Waals surface area contributed by atoms with Gasteiger partial charge >= 0.3 is 0 Å². The van der Waals surface area contributed by atoms with E-state index in [2.05, 4.69) is 6.92 Å². The number of nitrogens with zero attached hydrogens (tertiary/aromatic N) is 2. The van der Waals surface area contributed by atoms with Crippen molar-refractivity contribution in [1.82, 2.24) is 9.80 Å². The summed E-state index contributed by atoms with van der Waals surface area (Å²) in [6.07, 6.45) is 12.1. The molecule has 2 saturated heterocycles. The van der Waals surface area contributed by atoms with E-state index >= 15 is 0 Å². The van der Waals surface area contributed by atoms with Crippen LogP contribution in [0.3, 0.4) is 0 Å². The molecule has 2 heterocycles. The molecule has 2 aliphatic carbocycles. The van der Waals surface area contributed by atoms with Gasteiger partial charge < -0.3 is 9.80 Å². The van der Waals surface area contributed by atoms with E-state index in [1.807, 2.05) is 35.0 Å². The lowest BCUT2D eigenvalue weighted by Gasteiger charge is -2.39. The van der Waals surface area contributed by atoms with Crippen LogP contribution in [0.15, 0.2) is 71.1 Å². The molecule has 4 aliphatic rings. The summed E-state index contributed by atoms with van der Waals surface area (Å²) in [7, 11) is 0. The number of amides is 2. The lowest BCUT2D eigenvalue weighted by Crippen LogP contribution is -2.47. The summed E-state index contributed by atoms with van der Waals surface area (Å²) in [6.45, 7) is 5.26. The van der Waals surface area contributed by atoms with Crippen molar-refractivity contribution >= 4 is 11.8 Å². The molecule has 1 spiro atoms. The van der Waals surface area contributed by atoms with Crippen LogP contribution >= 0.6 is 0 Å². The molecule has 0 radical (unpaired) electrons. The van der Waals surface area contributed by atoms with Gasteiger partial charge in [-0.3, -0.25) is 9.59 Å². The highest BCUT2D eigenvalue weighted by molar-refractivity contribution is 5.94. The fraction of sp³-hybridized carbons (Fsp3) is 0.467. The fourth-order valence-electron chi connectivity index (χ4n) is 6.41. The van der Waals surface area contributed by atoms with Crippen molar-refractivity contribution in [2.45, 2.75) is 70.9 Å². The third-order valence-corrected chi connectivity index (χ3v) is 8.56. The number of likely N-dealkylation sites (tertiary alicyclic amines) is 2. The lowest BCUT2D eigenvalue weighted by atomic mass is 9.76. The van der Waals surface area contributed by atoms with E-state index in [-0.39, 0.29) is 35.5 Å². The molecule has 190 valence electrons. The van der Waals surface area contributed by atoms with Crippen molar-refractivity contribution in [3.63, 3.8) is 0 Å². The van der Waals surface area contributed by atoms with E-state index in [0.717, 1.165) is 29.6 Å². The molecule has 36 heavy (non-hydrogen) atoms. The molecule has 1 unspecified atom stereocenters. The minimum Gasteiger partial charge on any atom is -0.339 e. The van der Waals surface area contributed by atoms with E-state index in [1.54, 1.807) is 18.2 Å². The second-order valence-corrected chi connectivity index (χ2v) is 10.8. The number of carbonyl (C=O) groups is 2. The van der Waals surface area contributed by atoms with Crippen LogP contribution < -0.4 is 0 Å². The van der Waals surface area contributed by atoms with Gasteiger partial charge in [-0.15, -0.1) is 0 Å². The Morgan fingerprint density at radius 2 is 1.58 bits per heavy atom. The maximum atomic E-state index is 13.7. The van der Waals surface area contributed by atoms with Crippen LogP contribution in [0, 0.1) is 11.2 Å². The van der Waals surface area contributed by atoms with Gasteiger partial charge in [-0.25, -0.2) is 8.78 Å². The highest BCUT2D eigenvalue weighted by Gasteiger charge is 2.52. The highest BCUT2D eigenvalue weighted by Crippen LogP contribution is 2.47. The average Bonchev–Trinajstić information content (AvgIpc) is 3.13. The molecule has 1 aromatic carbocycles. The van der Waals surface area contributed by atoms with E-state index in [0.29, 0.717) is 45.2 Å². The molecule has 0 bridgehead atoms. The fourth-order valence-corrected chi connectivity index (χ4v) is 6.41. The van der Waals surface area contributed by atoms with Crippen LogP contribution in [0.25, 0.3) is 0 Å². The second kappa shape index (κ2) is 9.79. The minimum absolute atomic E-state index is 0.0683. The number of piperidine rings is 1. The number of allylic oxidation sites excluding steroid dienone is 7. The Morgan fingerprint density at radius 1 is 0.944 bits per heavy atom. The Morgan fingerprint density at radius 3 is 2.17 bits per heavy atom. The van der Waals surface area contributed by atoms with Crippen LogP contribution in [-0.4, -0.2) is 40.7 Å². The third-order valence-electron chi connectivity index (χ3n) is 8.56. The Bertz CT molecular complexity index is 1170. The zero-order valence-corrected chi connectivity index (χ0v) is 21.1. The summed E-state index contributed by atoms with van der Waals surface area (Å²) >= 11 is 0. The number of halogens is 2. The van der Waals surface area contributed by atoms with Gasteiger partial charge in [0, 0.05) is 31.1 Å². The highest BCUT2D eigenvalue weighted by atomic mass is 19.1. The molecular weight excluding hydrogens is 458 g/mol. The number of carbonyl (C=O) groups excluding carboxylic acids is 2. The van der Waals surface area contributed by atoms with Crippen LogP contribution in [0.5, 0.6) is 0 Å². The summed E-state index contributed by atoms with van der Waals surface area (Å²) in [5.41, 5.74) is 3.67. The van der Waals surface area contributed by atoms with E-state index < -0.39 is 5.41 Å². The summed E-state index contributed by atoms with van der Waals surface area (Å²) in [5, 5.41) is 0. The Hall–Kier alpha value is -3.02. The van der Waals surface area contributed by atoms with Gasteiger partial charge in [0.2, 0.25) is 11.8 Å². The summed E-state index contributed by atoms with van der Waals surface area (Å²) in [6, 6.07) is 6.37. The smallest absolute Gasteiger partial charge is 0.249 e. The zero-order valence-electron chi connectivity index (χ0n) is 21.1. The van der Waals surface area contributed by atoms with E-state index in [1.165, 1.54) is 17.7 Å². The SMILES string of the molecule is CC1CC2(CCN(C(=O)C3=CC=C(C4=CC=C(F)CC4)CC3)CC2)C(=O)N1[C@@H](C)c1ccc(F)cc1. The van der Waals surface area contributed by atoms with Gasteiger partial charge in [0.05, 0.1) is 11.5 Å². The van der Waals surface area contributed by atoms with E-state index in [9.17, 15) is 18.4 Å². The van der Waals surface area contributed by atoms with Crippen molar-refractivity contribution in [3.8, 4) is 0 Å². The molecule has 1 aromatic rings. The van der Waals surface area contributed by atoms with Crippen molar-refractivity contribution in [2.24, 2.45) is 5.41 Å². The lowest BCUT2D eigenvalue weighted by molar-refractivity contribution is -0.143. The first kappa shape index (κ1) is 24.7. The second-order valence-electron chi connectivity index (χ2n) is 10.8. The summed E-state index contributed by atoms with van der Waals surface area (Å²) in [5.74, 6) is -0.125. The molecule has 0 saturated carbocycles. The molecule has 2 fully saturated rings. The average molecular weight is 493 g/mol. The van der Waals surface area contributed by atoms with Gasteiger partial charge in [-0.1, -0.05) is 30.4 Å². The molecule has 4 nitrogen and oxygen atoms in total. The normalized spacial score (nSPS) is 24.8. The van der Waals surface area contributed by atoms with Crippen molar-refractivity contribution < 1.29 is 18.4 Å². The number of hydrogen-bond donors (Lipinski definition) is 0. The topological polar surface area (TPSA) is 40.6 Å². The zero-order chi connectivity index (χ0) is 25.4. The van der Waals surface area contributed by atoms with Crippen LogP contribution in [0.4, 0.5) is 8.78 Å². The monoisotopic (exact) mass is 492 g/mol. The van der Waals surface area contributed by atoms with Gasteiger partial charge in [0.25, 0.3) is 0 Å². The largest absolute Gasteiger partial charge is 0.339 e. The third kappa shape index (κ3) is 4.58.